The Labute approximate surface area is 193 Å². The highest BCUT2D eigenvalue weighted by molar-refractivity contribution is 6.33. The minimum absolute atomic E-state index is 0.0725. The number of piperidine rings is 1. The van der Waals surface area contributed by atoms with Gasteiger partial charge in [-0.15, -0.1) is 0 Å². The molecule has 0 spiro atoms. The largest absolute Gasteiger partial charge is 0.356 e. The zero-order valence-corrected chi connectivity index (χ0v) is 19.6. The van der Waals surface area contributed by atoms with Crippen molar-refractivity contribution < 1.29 is 4.79 Å². The lowest BCUT2D eigenvalue weighted by molar-refractivity contribution is -0.116. The highest BCUT2D eigenvalue weighted by Gasteiger charge is 2.18. The van der Waals surface area contributed by atoms with Crippen molar-refractivity contribution >= 4 is 29.0 Å². The van der Waals surface area contributed by atoms with Gasteiger partial charge in [-0.3, -0.25) is 4.79 Å². The Balaban J connectivity index is 1.47. The normalized spacial score (nSPS) is 13.9. The summed E-state index contributed by atoms with van der Waals surface area (Å²) in [5.74, 6) is 1.62. The molecule has 1 saturated heterocycles. The lowest BCUT2D eigenvalue weighted by atomic mass is 10.1. The Morgan fingerprint density at radius 1 is 1.06 bits per heavy atom. The highest BCUT2D eigenvalue weighted by atomic mass is 35.5. The van der Waals surface area contributed by atoms with Crippen LogP contribution in [0.1, 0.15) is 48.2 Å². The van der Waals surface area contributed by atoms with Crippen LogP contribution in [0, 0.1) is 20.8 Å². The van der Waals surface area contributed by atoms with Crippen LogP contribution in [0.3, 0.4) is 0 Å². The first-order valence-corrected chi connectivity index (χ1v) is 11.5. The van der Waals surface area contributed by atoms with Gasteiger partial charge in [0.15, 0.2) is 5.82 Å². The number of rotatable bonds is 6. The molecule has 2 aromatic heterocycles. The molecule has 0 aliphatic carbocycles. The van der Waals surface area contributed by atoms with Crippen LogP contribution in [0.15, 0.2) is 30.6 Å². The lowest BCUT2D eigenvalue weighted by Gasteiger charge is -2.27. The summed E-state index contributed by atoms with van der Waals surface area (Å²) in [7, 11) is 0. The fraction of sp³-hybridized carbons (Fsp3) is 0.417. The van der Waals surface area contributed by atoms with E-state index in [1.165, 1.54) is 19.3 Å². The molecule has 4 rings (SSSR count). The molecule has 3 aromatic rings. The second-order valence-electron chi connectivity index (χ2n) is 8.37. The average Bonchev–Trinajstić information content (AvgIpc) is 3.08. The molecule has 0 unspecified atom stereocenters. The van der Waals surface area contributed by atoms with E-state index in [1.54, 1.807) is 6.33 Å². The molecule has 1 fully saturated rings. The van der Waals surface area contributed by atoms with E-state index in [0.29, 0.717) is 23.6 Å². The number of nitrogens with one attached hydrogen (secondary N) is 1. The van der Waals surface area contributed by atoms with Gasteiger partial charge in [0, 0.05) is 31.3 Å². The van der Waals surface area contributed by atoms with Crippen molar-refractivity contribution in [2.45, 2.75) is 52.9 Å². The summed E-state index contributed by atoms with van der Waals surface area (Å²) in [6, 6.07) is 7.61. The Bertz CT molecular complexity index is 1120. The summed E-state index contributed by atoms with van der Waals surface area (Å²) in [6.45, 7) is 8.01. The molecule has 1 amide bonds. The van der Waals surface area contributed by atoms with Crippen molar-refractivity contribution in [3.8, 4) is 5.82 Å². The van der Waals surface area contributed by atoms with E-state index in [2.05, 4.69) is 20.2 Å². The van der Waals surface area contributed by atoms with Crippen LogP contribution in [-0.4, -0.2) is 38.7 Å². The average molecular weight is 453 g/mol. The number of hydrogen-bond acceptors (Lipinski definition) is 5. The minimum Gasteiger partial charge on any atom is -0.356 e. The number of nitrogens with zero attached hydrogens (tertiary/aromatic N) is 5. The van der Waals surface area contributed by atoms with Gasteiger partial charge in [0.2, 0.25) is 5.91 Å². The number of benzene rings is 1. The number of aryl methyl sites for hydroxylation is 2. The number of hydrogen-bond donors (Lipinski definition) is 1. The first-order valence-electron chi connectivity index (χ1n) is 11.1. The number of carbonyl (C=O) groups is 1. The fourth-order valence-electron chi connectivity index (χ4n) is 4.18. The lowest BCUT2D eigenvalue weighted by Crippen LogP contribution is -2.30. The standard InChI is InChI=1S/C24H29ClN6O/c1-16-7-9-21(20(25)13-16)28-24(32)10-8-19-17(2)29-31(18(19)3)23-14-22(26-15-27-23)30-11-5-4-6-12-30/h7,9,13-15H,4-6,8,10-12H2,1-3H3,(H,28,32). The molecule has 0 saturated carbocycles. The summed E-state index contributed by atoms with van der Waals surface area (Å²) < 4.78 is 1.86. The fourth-order valence-corrected chi connectivity index (χ4v) is 4.46. The van der Waals surface area contributed by atoms with Crippen LogP contribution >= 0.6 is 11.6 Å². The zero-order chi connectivity index (χ0) is 22.7. The summed E-state index contributed by atoms with van der Waals surface area (Å²) >= 11 is 6.24. The molecule has 1 aliphatic rings. The Hall–Kier alpha value is -2.93. The Morgan fingerprint density at radius 3 is 2.56 bits per heavy atom. The van der Waals surface area contributed by atoms with Crippen LogP contribution < -0.4 is 10.2 Å². The summed E-state index contributed by atoms with van der Waals surface area (Å²) in [5, 5.41) is 8.16. The van der Waals surface area contributed by atoms with Crippen molar-refractivity contribution in [1.82, 2.24) is 19.7 Å². The maximum absolute atomic E-state index is 12.5. The third-order valence-corrected chi connectivity index (χ3v) is 6.29. The summed E-state index contributed by atoms with van der Waals surface area (Å²) in [6.07, 6.45) is 6.21. The first kappa shape index (κ1) is 22.3. The molecule has 1 aromatic carbocycles. The molecule has 7 nitrogen and oxygen atoms in total. The van der Waals surface area contributed by atoms with Gasteiger partial charge in [-0.25, -0.2) is 14.6 Å². The second kappa shape index (κ2) is 9.69. The van der Waals surface area contributed by atoms with Gasteiger partial charge in [-0.1, -0.05) is 17.7 Å². The van der Waals surface area contributed by atoms with Crippen molar-refractivity contribution in [3.05, 3.63) is 58.1 Å². The molecule has 1 N–H and O–H groups in total. The molecule has 0 radical (unpaired) electrons. The topological polar surface area (TPSA) is 75.9 Å². The molecule has 0 bridgehead atoms. The third-order valence-electron chi connectivity index (χ3n) is 5.98. The van der Waals surface area contributed by atoms with Crippen LogP contribution in [0.5, 0.6) is 0 Å². The number of amides is 1. The summed E-state index contributed by atoms with van der Waals surface area (Å²) in [4.78, 5) is 23.8. The SMILES string of the molecule is Cc1ccc(NC(=O)CCc2c(C)nn(-c3cc(N4CCCCC4)ncn3)c2C)c(Cl)c1. The summed E-state index contributed by atoms with van der Waals surface area (Å²) in [5.41, 5.74) is 4.65. The zero-order valence-electron chi connectivity index (χ0n) is 18.9. The molecule has 32 heavy (non-hydrogen) atoms. The molecular formula is C24H29ClN6O. The van der Waals surface area contributed by atoms with Gasteiger partial charge in [0.1, 0.15) is 12.1 Å². The van der Waals surface area contributed by atoms with E-state index in [9.17, 15) is 4.79 Å². The molecular weight excluding hydrogens is 424 g/mol. The maximum atomic E-state index is 12.5. The van der Waals surface area contributed by atoms with E-state index in [1.807, 2.05) is 49.7 Å². The monoisotopic (exact) mass is 452 g/mol. The van der Waals surface area contributed by atoms with Crippen molar-refractivity contribution in [1.29, 1.82) is 0 Å². The molecule has 0 atom stereocenters. The minimum atomic E-state index is -0.0725. The van der Waals surface area contributed by atoms with Gasteiger partial charge >= 0.3 is 0 Å². The molecule has 8 heteroatoms. The van der Waals surface area contributed by atoms with E-state index < -0.39 is 0 Å². The van der Waals surface area contributed by atoms with E-state index in [0.717, 1.165) is 47.2 Å². The van der Waals surface area contributed by atoms with E-state index >= 15 is 0 Å². The highest BCUT2D eigenvalue weighted by Crippen LogP contribution is 2.24. The quantitative estimate of drug-likeness (QED) is 0.581. The first-order chi connectivity index (χ1) is 15.4. The van der Waals surface area contributed by atoms with Crippen molar-refractivity contribution in [3.63, 3.8) is 0 Å². The van der Waals surface area contributed by atoms with Gasteiger partial charge in [-0.05, 0) is 69.7 Å². The van der Waals surface area contributed by atoms with Gasteiger partial charge < -0.3 is 10.2 Å². The smallest absolute Gasteiger partial charge is 0.224 e. The number of carbonyl (C=O) groups excluding carboxylic acids is 1. The molecule has 3 heterocycles. The van der Waals surface area contributed by atoms with Crippen LogP contribution in [-0.2, 0) is 11.2 Å². The molecule has 168 valence electrons. The van der Waals surface area contributed by atoms with Crippen LogP contribution in [0.4, 0.5) is 11.5 Å². The van der Waals surface area contributed by atoms with E-state index in [4.69, 9.17) is 16.7 Å². The van der Waals surface area contributed by atoms with E-state index in [-0.39, 0.29) is 5.91 Å². The number of aromatic nitrogens is 4. The van der Waals surface area contributed by atoms with Gasteiger partial charge in [-0.2, -0.15) is 5.10 Å². The molecule has 1 aliphatic heterocycles. The van der Waals surface area contributed by atoms with Crippen LogP contribution in [0.25, 0.3) is 5.82 Å². The number of anilines is 2. The predicted molar refractivity (Wildman–Crippen MR) is 128 cm³/mol. The maximum Gasteiger partial charge on any atom is 0.224 e. The van der Waals surface area contributed by atoms with Crippen molar-refractivity contribution in [2.24, 2.45) is 0 Å². The second-order valence-corrected chi connectivity index (χ2v) is 8.78. The Kier molecular flexibility index (Phi) is 6.74. The van der Waals surface area contributed by atoms with Gasteiger partial charge in [0.05, 0.1) is 16.4 Å². The van der Waals surface area contributed by atoms with Crippen molar-refractivity contribution in [2.75, 3.05) is 23.3 Å². The predicted octanol–water partition coefficient (Wildman–Crippen LogP) is 4.80. The van der Waals surface area contributed by atoms with Crippen LogP contribution in [0.2, 0.25) is 5.02 Å². The number of halogens is 1. The van der Waals surface area contributed by atoms with Gasteiger partial charge in [0.25, 0.3) is 0 Å². The Morgan fingerprint density at radius 2 is 1.81 bits per heavy atom. The third kappa shape index (κ3) is 4.93.